The molecule has 3 unspecified atom stereocenters. The van der Waals surface area contributed by atoms with Gasteiger partial charge in [-0.2, -0.15) is 9.97 Å². The smallest absolute Gasteiger partial charge is 0.410 e. The summed E-state index contributed by atoms with van der Waals surface area (Å²) in [7, 11) is -2.79. The van der Waals surface area contributed by atoms with E-state index in [9.17, 15) is 18.5 Å². The van der Waals surface area contributed by atoms with E-state index in [0.29, 0.717) is 32.4 Å². The number of fused-ring (bicyclic) bond motifs is 5. The highest BCUT2D eigenvalue weighted by molar-refractivity contribution is 7.57. The number of nitrogens with zero attached hydrogens (tertiary/aromatic N) is 6. The number of nitrogens with one attached hydrogen (secondary N) is 1. The molecule has 4 aliphatic rings. The Bertz CT molecular complexity index is 2650. The molecule has 0 aliphatic carbocycles. The Hall–Kier alpha value is -4.92. The van der Waals surface area contributed by atoms with Crippen molar-refractivity contribution in [2.75, 3.05) is 51.1 Å². The zero-order chi connectivity index (χ0) is 47.5. The summed E-state index contributed by atoms with van der Waals surface area (Å²) in [5.74, 6) is 0.0101. The van der Waals surface area contributed by atoms with Gasteiger partial charge in [0.15, 0.2) is 5.82 Å². The topological polar surface area (TPSA) is 158 Å². The number of terminal acetylenes is 1. The number of carbonyl (C=O) groups is 2. The Morgan fingerprint density at radius 2 is 1.80 bits per heavy atom. The van der Waals surface area contributed by atoms with Crippen molar-refractivity contribution >= 4 is 58.7 Å². The van der Waals surface area contributed by atoms with Crippen LogP contribution in [0.3, 0.4) is 0 Å². The molecule has 66 heavy (non-hydrogen) atoms. The molecule has 2 aromatic carbocycles. The van der Waals surface area contributed by atoms with Gasteiger partial charge in [-0.25, -0.2) is 28.0 Å². The maximum absolute atomic E-state index is 17.8. The van der Waals surface area contributed by atoms with Crippen LogP contribution in [-0.4, -0.2) is 125 Å². The second-order valence-electron chi connectivity index (χ2n) is 18.8. The molecule has 4 saturated heterocycles. The lowest BCUT2D eigenvalue weighted by molar-refractivity contribution is -0.149. The van der Waals surface area contributed by atoms with Gasteiger partial charge in [0, 0.05) is 44.1 Å². The van der Waals surface area contributed by atoms with Gasteiger partial charge in [-0.05, 0) is 97.4 Å². The van der Waals surface area contributed by atoms with E-state index < -0.39 is 72.7 Å². The van der Waals surface area contributed by atoms with Crippen molar-refractivity contribution in [3.05, 3.63) is 46.6 Å². The lowest BCUT2D eigenvalue weighted by Gasteiger charge is -2.42. The summed E-state index contributed by atoms with van der Waals surface area (Å²) in [5.41, 5.74) is -2.30. The summed E-state index contributed by atoms with van der Waals surface area (Å²) < 4.78 is 91.3. The van der Waals surface area contributed by atoms with Crippen molar-refractivity contribution in [3.8, 4) is 35.4 Å². The normalized spacial score (nSPS) is 23.2. The second-order valence-corrected chi connectivity index (χ2v) is 21.2. The van der Waals surface area contributed by atoms with Crippen LogP contribution in [0.25, 0.3) is 32.9 Å². The van der Waals surface area contributed by atoms with Gasteiger partial charge in [0.25, 0.3) is 0 Å². The van der Waals surface area contributed by atoms with Crippen LogP contribution in [0.15, 0.2) is 24.3 Å². The third-order valence-electron chi connectivity index (χ3n) is 12.4. The number of benzene rings is 2. The fraction of sp³-hybridized carbons (Fsp3) is 0.543. The van der Waals surface area contributed by atoms with Crippen LogP contribution < -0.4 is 19.2 Å². The summed E-state index contributed by atoms with van der Waals surface area (Å²) >= 11 is 7.12. The number of alkyl halides is 1. The zero-order valence-corrected chi connectivity index (χ0v) is 39.6. The minimum absolute atomic E-state index is 0.0432. The molecular weight excluding hydrogens is 902 g/mol. The Labute approximate surface area is 386 Å². The summed E-state index contributed by atoms with van der Waals surface area (Å²) in [6, 6.07) is 3.44. The molecule has 6 atom stereocenters. The number of methoxy groups -OCH3 is 1. The van der Waals surface area contributed by atoms with Crippen molar-refractivity contribution in [2.24, 2.45) is 0 Å². The second kappa shape index (κ2) is 18.3. The van der Waals surface area contributed by atoms with Crippen molar-refractivity contribution in [2.45, 2.75) is 115 Å². The van der Waals surface area contributed by atoms with Crippen LogP contribution in [-0.2, 0) is 23.6 Å². The van der Waals surface area contributed by atoms with E-state index in [1.165, 1.54) is 32.2 Å². The predicted octanol–water partition coefficient (Wildman–Crippen LogP) is 8.41. The summed E-state index contributed by atoms with van der Waals surface area (Å²) in [6.45, 7) is 11.9. The highest BCUT2D eigenvalue weighted by atomic mass is 35.5. The van der Waals surface area contributed by atoms with Gasteiger partial charge >= 0.3 is 25.6 Å². The van der Waals surface area contributed by atoms with E-state index in [0.717, 1.165) is 19.0 Å². The van der Waals surface area contributed by atoms with Crippen LogP contribution in [0.4, 0.5) is 23.8 Å². The molecule has 1 N–H and O–H groups in total. The summed E-state index contributed by atoms with van der Waals surface area (Å²) in [4.78, 5) is 45.9. The van der Waals surface area contributed by atoms with Gasteiger partial charge in [-0.1, -0.05) is 23.6 Å². The molecule has 354 valence electrons. The molecule has 6 heterocycles. The minimum atomic E-state index is -4.09. The highest BCUT2D eigenvalue weighted by Crippen LogP contribution is 2.48. The first-order valence-electron chi connectivity index (χ1n) is 22.1. The van der Waals surface area contributed by atoms with E-state index in [-0.39, 0.29) is 87.2 Å². The average Bonchev–Trinajstić information content (AvgIpc) is 3.86. The molecule has 1 amide bonds. The van der Waals surface area contributed by atoms with Crippen molar-refractivity contribution in [3.63, 3.8) is 0 Å². The number of hydrogen-bond donors (Lipinski definition) is 1. The fourth-order valence-corrected chi connectivity index (χ4v) is 11.7. The van der Waals surface area contributed by atoms with Gasteiger partial charge in [0.1, 0.15) is 64.5 Å². The number of halogens is 4. The minimum Gasteiger partial charge on any atom is -0.462 e. The number of hydrogen-bond acceptors (Lipinski definition) is 13. The molecule has 0 radical (unpaired) electrons. The first-order chi connectivity index (χ1) is 31.2. The molecule has 8 rings (SSSR count). The Balaban J connectivity index is 1.26. The first kappa shape index (κ1) is 47.6. The van der Waals surface area contributed by atoms with Gasteiger partial charge in [0.05, 0.1) is 34.7 Å². The molecule has 15 nitrogen and oxygen atoms in total. The largest absolute Gasteiger partial charge is 0.462 e. The fourth-order valence-electron chi connectivity index (χ4n) is 9.81. The number of amides is 1. The molecule has 4 aromatic rings. The average molecular weight is 956 g/mol. The molecule has 2 bridgehead atoms. The maximum Gasteiger partial charge on any atom is 0.410 e. The number of rotatable bonds is 13. The predicted molar refractivity (Wildman–Crippen MR) is 243 cm³/mol. The van der Waals surface area contributed by atoms with Crippen molar-refractivity contribution < 1.29 is 50.8 Å². The zero-order valence-electron chi connectivity index (χ0n) is 38.0. The highest BCUT2D eigenvalue weighted by Gasteiger charge is 2.50. The van der Waals surface area contributed by atoms with Crippen molar-refractivity contribution in [1.29, 1.82) is 0 Å². The van der Waals surface area contributed by atoms with E-state index in [1.807, 2.05) is 4.90 Å². The van der Waals surface area contributed by atoms with Gasteiger partial charge in [-0.15, -0.1) is 6.42 Å². The standard InChI is InChI=1S/C46H54ClF3N7O8P/c1-9-32-34(49)14-11-27-17-31(65-66(60,24-61-8)54-26(4)42(58)63-25(2)3)18-33(35(27)32)38-37(50)39-36(40(47)51-38)41(53-43(52-39)62-23-46-15-10-16-56(46)20-28(48)19-46)55-21-29-12-13-30(22-55)57(29)44(59)64-45(5,6)7/h1,11,14,17-18,25-26,28-30H,10,12-13,15-16,19-24H2,2-8H3,(H,54,60)/t26-,28+,29?,30?,46-,66?/m0/s1. The summed E-state index contributed by atoms with van der Waals surface area (Å²) in [5, 5.41) is 2.86. The number of esters is 1. The molecule has 0 saturated carbocycles. The van der Waals surface area contributed by atoms with E-state index in [4.69, 9.17) is 46.5 Å². The van der Waals surface area contributed by atoms with E-state index >= 15 is 8.78 Å². The Kier molecular flexibility index (Phi) is 13.2. The number of carbonyl (C=O) groups excluding carboxylic acids is 2. The van der Waals surface area contributed by atoms with Crippen molar-refractivity contribution in [1.82, 2.24) is 29.8 Å². The number of anilines is 1. The van der Waals surface area contributed by atoms with Crippen LogP contribution in [0.2, 0.25) is 5.15 Å². The number of aromatic nitrogens is 3. The Morgan fingerprint density at radius 1 is 1.08 bits per heavy atom. The molecule has 4 fully saturated rings. The number of piperazine rings is 1. The third-order valence-corrected chi connectivity index (χ3v) is 14.6. The van der Waals surface area contributed by atoms with Gasteiger partial charge in [0.2, 0.25) is 0 Å². The van der Waals surface area contributed by atoms with Crippen LogP contribution in [0.1, 0.15) is 79.2 Å². The van der Waals surface area contributed by atoms with Crippen LogP contribution in [0, 0.1) is 24.0 Å². The summed E-state index contributed by atoms with van der Waals surface area (Å²) in [6.07, 6.45) is 6.69. The van der Waals surface area contributed by atoms with E-state index in [2.05, 4.69) is 25.9 Å². The van der Waals surface area contributed by atoms with Crippen LogP contribution in [0.5, 0.6) is 11.8 Å². The molecular formula is C46H54ClF3N7O8P. The quantitative estimate of drug-likeness (QED) is 0.0590. The molecule has 4 aliphatic heterocycles. The van der Waals surface area contributed by atoms with Gasteiger partial charge < -0.3 is 28.4 Å². The SMILES string of the molecule is C#Cc1c(F)ccc2cc(OP(=O)(COC)N[C@@H](C)C(=O)OC(C)C)cc(-c3nc(Cl)c4c(N5CC6CCC(C5)N6C(=O)OC(C)(C)C)nc(OC[C@@]56CCCN5C[C@H](F)C6)nc4c3F)c12. The first-order valence-corrected chi connectivity index (χ1v) is 24.2. The number of pyridine rings is 1. The monoisotopic (exact) mass is 955 g/mol. The maximum atomic E-state index is 17.8. The molecule has 0 spiro atoms. The van der Waals surface area contributed by atoms with E-state index in [1.54, 1.807) is 39.5 Å². The lowest BCUT2D eigenvalue weighted by Crippen LogP contribution is -2.57. The Morgan fingerprint density at radius 3 is 2.47 bits per heavy atom. The number of ether oxygens (including phenoxy) is 4. The molecule has 2 aromatic heterocycles. The molecule has 20 heteroatoms. The van der Waals surface area contributed by atoms with Gasteiger partial charge in [-0.3, -0.25) is 19.2 Å². The lowest BCUT2D eigenvalue weighted by atomic mass is 9.95. The third kappa shape index (κ3) is 9.34. The van der Waals surface area contributed by atoms with Crippen LogP contribution >= 0.6 is 19.1 Å².